The van der Waals surface area contributed by atoms with Gasteiger partial charge in [-0.3, -0.25) is 0 Å². The van der Waals surface area contributed by atoms with E-state index in [1.807, 2.05) is 0 Å². The van der Waals surface area contributed by atoms with Crippen LogP contribution in [0.1, 0.15) is 45.4 Å². The highest BCUT2D eigenvalue weighted by atomic mass is 19.4. The van der Waals surface area contributed by atoms with Crippen LogP contribution in [0.25, 0.3) is 0 Å². The Hall–Kier alpha value is -0.290. The van der Waals surface area contributed by atoms with Crippen molar-refractivity contribution in [1.29, 1.82) is 0 Å². The van der Waals surface area contributed by atoms with Crippen molar-refractivity contribution < 1.29 is 23.0 Å². The van der Waals surface area contributed by atoms with Gasteiger partial charge < -0.3 is 9.84 Å². The fraction of sp³-hybridized carbons (Fsp3) is 1.00. The third-order valence-electron chi connectivity index (χ3n) is 2.97. The lowest BCUT2D eigenvalue weighted by Gasteiger charge is -2.26. The molecule has 0 radical (unpaired) electrons. The quantitative estimate of drug-likeness (QED) is 0.639. The number of aliphatic hydroxyl groups excluding tert-OH is 1. The molecule has 0 spiro atoms. The Bertz CT molecular complexity index is 179. The molecular formula is C12H23F3O2. The molecule has 0 aliphatic heterocycles. The highest BCUT2D eigenvalue weighted by Gasteiger charge is 2.44. The molecule has 17 heavy (non-hydrogen) atoms. The first-order chi connectivity index (χ1) is 7.97. The van der Waals surface area contributed by atoms with Crippen molar-refractivity contribution in [2.45, 2.75) is 57.7 Å². The molecule has 1 N–H and O–H groups in total. The number of hydrogen-bond donors (Lipinski definition) is 1. The van der Waals surface area contributed by atoms with Gasteiger partial charge >= 0.3 is 6.18 Å². The van der Waals surface area contributed by atoms with Crippen molar-refractivity contribution in [3.63, 3.8) is 0 Å². The number of ether oxygens (including phenoxy) is 1. The molecule has 0 aromatic heterocycles. The molecule has 2 atom stereocenters. The van der Waals surface area contributed by atoms with E-state index in [1.54, 1.807) is 0 Å². The first-order valence-corrected chi connectivity index (χ1v) is 6.17. The minimum absolute atomic E-state index is 0.0340. The lowest BCUT2D eigenvalue weighted by Crippen LogP contribution is -2.37. The van der Waals surface area contributed by atoms with Gasteiger partial charge in [-0.25, -0.2) is 0 Å². The van der Waals surface area contributed by atoms with Crippen molar-refractivity contribution >= 4 is 0 Å². The van der Waals surface area contributed by atoms with Gasteiger partial charge in [-0.1, -0.05) is 39.0 Å². The van der Waals surface area contributed by atoms with Gasteiger partial charge in [0.1, 0.15) is 0 Å². The molecule has 0 aliphatic rings. The molecule has 0 aromatic carbocycles. The van der Waals surface area contributed by atoms with E-state index in [-0.39, 0.29) is 6.42 Å². The second kappa shape index (κ2) is 8.75. The topological polar surface area (TPSA) is 29.5 Å². The summed E-state index contributed by atoms with van der Waals surface area (Å²) < 4.78 is 42.9. The maximum Gasteiger partial charge on any atom is 0.394 e. The molecule has 0 saturated carbocycles. The molecule has 0 heterocycles. The second-order valence-corrected chi connectivity index (χ2v) is 4.31. The van der Waals surface area contributed by atoms with E-state index in [1.165, 1.54) is 7.11 Å². The molecule has 0 rings (SSSR count). The molecule has 5 heteroatoms. The number of methoxy groups -OCH3 is 1. The second-order valence-electron chi connectivity index (χ2n) is 4.31. The van der Waals surface area contributed by atoms with Crippen molar-refractivity contribution in [1.82, 2.24) is 0 Å². The highest BCUT2D eigenvalue weighted by molar-refractivity contribution is 4.76. The molecule has 0 aliphatic carbocycles. The Morgan fingerprint density at radius 2 is 1.71 bits per heavy atom. The Labute approximate surface area is 101 Å². The molecule has 104 valence electrons. The Kier molecular flexibility index (Phi) is 8.60. The Balaban J connectivity index is 4.12. The van der Waals surface area contributed by atoms with Crippen LogP contribution in [0, 0.1) is 5.92 Å². The molecule has 0 saturated heterocycles. The minimum atomic E-state index is -4.30. The van der Waals surface area contributed by atoms with Crippen molar-refractivity contribution in [3.8, 4) is 0 Å². The summed E-state index contributed by atoms with van der Waals surface area (Å²) in [5, 5.41) is 8.88. The number of halogens is 3. The maximum absolute atomic E-state index is 12.7. The number of unbranched alkanes of at least 4 members (excludes halogenated alkanes) is 4. The maximum atomic E-state index is 12.7. The summed E-state index contributed by atoms with van der Waals surface area (Å²) in [5.74, 6) is -1.56. The van der Waals surface area contributed by atoms with Crippen LogP contribution < -0.4 is 0 Å². The van der Waals surface area contributed by atoms with Crippen LogP contribution in [-0.2, 0) is 4.74 Å². The zero-order valence-electron chi connectivity index (χ0n) is 10.6. The zero-order chi connectivity index (χ0) is 13.3. The van der Waals surface area contributed by atoms with Crippen LogP contribution in [0.5, 0.6) is 0 Å². The summed E-state index contributed by atoms with van der Waals surface area (Å²) in [7, 11) is 1.21. The minimum Gasteiger partial charge on any atom is -0.394 e. The van der Waals surface area contributed by atoms with E-state index >= 15 is 0 Å². The van der Waals surface area contributed by atoms with Gasteiger partial charge in [0.15, 0.2) is 0 Å². The summed E-state index contributed by atoms with van der Waals surface area (Å²) in [6.07, 6.45) is -0.962. The van der Waals surface area contributed by atoms with E-state index < -0.39 is 24.8 Å². The van der Waals surface area contributed by atoms with E-state index in [4.69, 9.17) is 9.84 Å². The van der Waals surface area contributed by atoms with Gasteiger partial charge in [0.25, 0.3) is 0 Å². The summed E-state index contributed by atoms with van der Waals surface area (Å²) >= 11 is 0. The fourth-order valence-corrected chi connectivity index (χ4v) is 1.89. The SMILES string of the molecule is CCCCCCC[C@H]([C@@H](CO)OC)C(F)(F)F. The van der Waals surface area contributed by atoms with Gasteiger partial charge in [0.05, 0.1) is 18.6 Å². The van der Waals surface area contributed by atoms with Crippen LogP contribution >= 0.6 is 0 Å². The van der Waals surface area contributed by atoms with Crippen LogP contribution in [0.15, 0.2) is 0 Å². The number of rotatable bonds is 9. The standard InChI is InChI=1S/C12H23F3O2/c1-3-4-5-6-7-8-10(12(13,14)15)11(9-16)17-2/h10-11,16H,3-9H2,1-2H3/t10-,11-/m1/s1. The molecular weight excluding hydrogens is 233 g/mol. The molecule has 0 bridgehead atoms. The van der Waals surface area contributed by atoms with E-state index in [2.05, 4.69) is 6.92 Å². The first-order valence-electron chi connectivity index (χ1n) is 6.17. The molecule has 0 amide bonds. The van der Waals surface area contributed by atoms with Gasteiger partial charge in [-0.15, -0.1) is 0 Å². The summed E-state index contributed by atoms with van der Waals surface area (Å²) in [4.78, 5) is 0. The zero-order valence-corrected chi connectivity index (χ0v) is 10.6. The lowest BCUT2D eigenvalue weighted by atomic mass is 9.94. The summed E-state index contributed by atoms with van der Waals surface area (Å²) in [6.45, 7) is 1.47. The van der Waals surface area contributed by atoms with Crippen LogP contribution in [0.2, 0.25) is 0 Å². The lowest BCUT2D eigenvalue weighted by molar-refractivity contribution is -0.210. The number of alkyl halides is 3. The van der Waals surface area contributed by atoms with Gasteiger partial charge in [-0.05, 0) is 6.42 Å². The Morgan fingerprint density at radius 1 is 1.12 bits per heavy atom. The van der Waals surface area contributed by atoms with Crippen molar-refractivity contribution in [2.24, 2.45) is 5.92 Å². The van der Waals surface area contributed by atoms with Crippen LogP contribution in [-0.4, -0.2) is 31.1 Å². The van der Waals surface area contributed by atoms with Crippen molar-refractivity contribution in [3.05, 3.63) is 0 Å². The molecule has 0 aromatic rings. The average molecular weight is 256 g/mol. The number of hydrogen-bond acceptors (Lipinski definition) is 2. The predicted molar refractivity (Wildman–Crippen MR) is 60.8 cm³/mol. The largest absolute Gasteiger partial charge is 0.394 e. The predicted octanol–water partition coefficient (Wildman–Crippen LogP) is 3.53. The monoisotopic (exact) mass is 256 g/mol. The van der Waals surface area contributed by atoms with E-state index in [0.717, 1.165) is 25.7 Å². The number of aliphatic hydroxyl groups is 1. The third-order valence-corrected chi connectivity index (χ3v) is 2.97. The first kappa shape index (κ1) is 16.7. The van der Waals surface area contributed by atoms with Crippen LogP contribution in [0.3, 0.4) is 0 Å². The van der Waals surface area contributed by atoms with Gasteiger partial charge in [-0.2, -0.15) is 13.2 Å². The molecule has 0 unspecified atom stereocenters. The summed E-state index contributed by atoms with van der Waals surface area (Å²) in [6, 6.07) is 0. The summed E-state index contributed by atoms with van der Waals surface area (Å²) in [5.41, 5.74) is 0. The Morgan fingerprint density at radius 3 is 2.12 bits per heavy atom. The van der Waals surface area contributed by atoms with Gasteiger partial charge in [0, 0.05) is 7.11 Å². The normalized spacial score (nSPS) is 15.9. The average Bonchev–Trinajstić information content (AvgIpc) is 2.26. The van der Waals surface area contributed by atoms with E-state index in [9.17, 15) is 13.2 Å². The molecule has 0 fully saturated rings. The van der Waals surface area contributed by atoms with Crippen LogP contribution in [0.4, 0.5) is 13.2 Å². The fourth-order valence-electron chi connectivity index (χ4n) is 1.89. The third kappa shape index (κ3) is 6.88. The van der Waals surface area contributed by atoms with E-state index in [0.29, 0.717) is 6.42 Å². The van der Waals surface area contributed by atoms with Crippen molar-refractivity contribution in [2.75, 3.05) is 13.7 Å². The van der Waals surface area contributed by atoms with Gasteiger partial charge in [0.2, 0.25) is 0 Å². The highest BCUT2D eigenvalue weighted by Crippen LogP contribution is 2.34. The molecule has 2 nitrogen and oxygen atoms in total. The smallest absolute Gasteiger partial charge is 0.394 e.